The molecule has 0 fully saturated rings. The molecule has 5 aromatic heterocycles. The molecule has 2 N–H and O–H groups in total. The zero-order chi connectivity index (χ0) is 26.4. The van der Waals surface area contributed by atoms with Gasteiger partial charge in [0.25, 0.3) is 0 Å². The summed E-state index contributed by atoms with van der Waals surface area (Å²) in [6.07, 6.45) is 7.24. The van der Waals surface area contributed by atoms with Crippen molar-refractivity contribution >= 4 is 11.3 Å². The molecule has 0 radical (unpaired) electrons. The maximum absolute atomic E-state index is 4.03. The third-order valence-corrected chi connectivity index (χ3v) is 4.54. The van der Waals surface area contributed by atoms with Gasteiger partial charge in [-0.15, -0.1) is 16.4 Å². The molecule has 0 amide bonds. The van der Waals surface area contributed by atoms with Crippen molar-refractivity contribution in [2.45, 2.75) is 55.4 Å². The lowest BCUT2D eigenvalue weighted by atomic mass is 10.6. The first kappa shape index (κ1) is 29.3. The fourth-order valence-electron chi connectivity index (χ4n) is 2.38. The summed E-state index contributed by atoms with van der Waals surface area (Å²) in [5.41, 5.74) is 2.08. The average Bonchev–Trinajstić information content (AvgIpc) is 3.59. The molecule has 0 aliphatic heterocycles. The Balaban J connectivity index is 0.000000219. The van der Waals surface area contributed by atoms with Gasteiger partial charge in [-0.05, 0) is 55.4 Å². The van der Waals surface area contributed by atoms with Crippen LogP contribution in [-0.4, -0.2) is 59.9 Å². The van der Waals surface area contributed by atoms with Crippen LogP contribution >= 0.6 is 11.3 Å². The molecule has 0 unspecified atom stereocenters. The van der Waals surface area contributed by atoms with E-state index in [1.807, 2.05) is 81.2 Å². The van der Waals surface area contributed by atoms with Gasteiger partial charge in [-0.2, -0.15) is 10.2 Å². The second-order valence-corrected chi connectivity index (χ2v) is 9.05. The van der Waals surface area contributed by atoms with E-state index in [1.54, 1.807) is 27.0 Å². The Hall–Kier alpha value is -3.74. The first-order chi connectivity index (χ1) is 16.4. The van der Waals surface area contributed by atoms with E-state index in [2.05, 4.69) is 57.5 Å². The number of nitrogens with zero attached hydrogens (tertiary/aromatic N) is 10. The summed E-state index contributed by atoms with van der Waals surface area (Å²) >= 11 is 1.73. The number of hydrogen-bond acceptors (Lipinski definition) is 9. The minimum Gasteiger partial charge on any atom is -0.346 e. The highest BCUT2D eigenvalue weighted by molar-refractivity contribution is 7.11. The molecule has 0 saturated heterocycles. The third-order valence-electron chi connectivity index (χ3n) is 3.71. The van der Waals surface area contributed by atoms with Gasteiger partial charge in [0.15, 0.2) is 0 Å². The van der Waals surface area contributed by atoms with E-state index in [0.29, 0.717) is 0 Å². The van der Waals surface area contributed by atoms with Gasteiger partial charge in [0.2, 0.25) is 0 Å². The lowest BCUT2D eigenvalue weighted by Crippen LogP contribution is -1.86. The van der Waals surface area contributed by atoms with Crippen molar-refractivity contribution < 1.29 is 0 Å². The van der Waals surface area contributed by atoms with E-state index in [1.165, 1.54) is 4.88 Å². The first-order valence-electron chi connectivity index (χ1n) is 10.8. The Morgan fingerprint density at radius 2 is 1.51 bits per heavy atom. The van der Waals surface area contributed by atoms with Crippen LogP contribution < -0.4 is 0 Å². The standard InChI is InChI=1S/C5H8N2.C5H7NS.3C4H7N3/c2*1-4-3-6-5(2)7-4;1-4-5-3-7(2)6-4;1-4-3-7(2)6-5-4;1-3-5-4(2)7-6-3/h3H,1-2H3,(H,6,7);3*3H,1-2H3;1-2H3,(H,5,6,7). The molecule has 5 rings (SSSR count). The van der Waals surface area contributed by atoms with E-state index in [4.69, 9.17) is 0 Å². The SMILES string of the molecule is Cc1cn(C)nn1.Cc1cnc(C)[nH]1.Cc1cnc(C)s1.Cc1n[nH]c(C)n1.Cc1ncn(C)n1. The van der Waals surface area contributed by atoms with E-state index >= 15 is 0 Å². The van der Waals surface area contributed by atoms with Crippen molar-refractivity contribution in [2.24, 2.45) is 14.1 Å². The number of aryl methyl sites for hydroxylation is 10. The van der Waals surface area contributed by atoms with Gasteiger partial charge in [-0.25, -0.2) is 19.9 Å². The van der Waals surface area contributed by atoms with Gasteiger partial charge < -0.3 is 4.98 Å². The molecule has 0 aromatic carbocycles. The van der Waals surface area contributed by atoms with E-state index in [-0.39, 0.29) is 0 Å². The molecule has 0 bridgehead atoms. The molecule has 5 aromatic rings. The normalized spacial score (nSPS) is 9.43. The molecule has 5 heterocycles. The average molecular weight is 501 g/mol. The van der Waals surface area contributed by atoms with Crippen molar-refractivity contribution in [3.8, 4) is 0 Å². The number of thiazole rings is 1. The zero-order valence-corrected chi connectivity index (χ0v) is 23.0. The van der Waals surface area contributed by atoms with Crippen LogP contribution in [-0.2, 0) is 14.1 Å². The lowest BCUT2D eigenvalue weighted by Gasteiger charge is -1.76. The quantitative estimate of drug-likeness (QED) is 0.329. The van der Waals surface area contributed by atoms with Gasteiger partial charge in [-0.3, -0.25) is 14.5 Å². The van der Waals surface area contributed by atoms with Crippen LogP contribution in [0.1, 0.15) is 44.6 Å². The number of nitrogens with one attached hydrogen (secondary N) is 2. The number of rotatable bonds is 0. The van der Waals surface area contributed by atoms with Crippen LogP contribution in [0.25, 0.3) is 0 Å². The summed E-state index contributed by atoms with van der Waals surface area (Å²) in [6.45, 7) is 15.5. The summed E-state index contributed by atoms with van der Waals surface area (Å²) in [6, 6.07) is 0. The number of aromatic nitrogens is 12. The maximum Gasteiger partial charge on any atom is 0.147 e. The lowest BCUT2D eigenvalue weighted by molar-refractivity contribution is 0.714. The number of H-pyrrole nitrogens is 2. The van der Waals surface area contributed by atoms with Gasteiger partial charge >= 0.3 is 0 Å². The smallest absolute Gasteiger partial charge is 0.147 e. The highest BCUT2D eigenvalue weighted by Crippen LogP contribution is 2.07. The molecule has 13 heteroatoms. The molecule has 190 valence electrons. The molecule has 0 atom stereocenters. The van der Waals surface area contributed by atoms with Gasteiger partial charge in [-0.1, -0.05) is 5.21 Å². The highest BCUT2D eigenvalue weighted by atomic mass is 32.1. The molecule has 0 aliphatic rings. The monoisotopic (exact) mass is 500 g/mol. The Bertz CT molecular complexity index is 922. The van der Waals surface area contributed by atoms with Crippen LogP contribution in [0.3, 0.4) is 0 Å². The number of hydrogen-bond donors (Lipinski definition) is 2. The predicted octanol–water partition coefficient (Wildman–Crippen LogP) is 3.46. The topological polar surface area (TPSA) is 145 Å². The van der Waals surface area contributed by atoms with Crippen LogP contribution in [0.15, 0.2) is 24.9 Å². The van der Waals surface area contributed by atoms with Crippen molar-refractivity contribution in [2.75, 3.05) is 0 Å². The van der Waals surface area contributed by atoms with Crippen molar-refractivity contribution in [1.29, 1.82) is 0 Å². The van der Waals surface area contributed by atoms with Crippen molar-refractivity contribution in [3.05, 3.63) is 69.5 Å². The van der Waals surface area contributed by atoms with Crippen LogP contribution in [0, 0.1) is 55.4 Å². The second-order valence-electron chi connectivity index (χ2n) is 7.61. The summed E-state index contributed by atoms with van der Waals surface area (Å²) in [7, 11) is 3.69. The van der Waals surface area contributed by atoms with Gasteiger partial charge in [0.1, 0.15) is 29.6 Å². The van der Waals surface area contributed by atoms with Crippen molar-refractivity contribution in [1.82, 2.24) is 59.9 Å². The third kappa shape index (κ3) is 14.2. The zero-order valence-electron chi connectivity index (χ0n) is 22.2. The minimum atomic E-state index is 0.803. The summed E-state index contributed by atoms with van der Waals surface area (Å²) in [5.74, 6) is 3.48. The Kier molecular flexibility index (Phi) is 12.7. The van der Waals surface area contributed by atoms with Crippen molar-refractivity contribution in [3.63, 3.8) is 0 Å². The fraction of sp³-hybridized carbons (Fsp3) is 0.455. The number of imidazole rings is 1. The molecule has 35 heavy (non-hydrogen) atoms. The molecule has 0 spiro atoms. The fourth-order valence-corrected chi connectivity index (χ4v) is 3.05. The Morgan fingerprint density at radius 3 is 1.66 bits per heavy atom. The first-order valence-corrected chi connectivity index (χ1v) is 11.6. The minimum absolute atomic E-state index is 0.803. The Labute approximate surface area is 210 Å². The van der Waals surface area contributed by atoms with E-state index < -0.39 is 0 Å². The van der Waals surface area contributed by atoms with E-state index in [9.17, 15) is 0 Å². The summed E-state index contributed by atoms with van der Waals surface area (Å²) < 4.78 is 3.35. The summed E-state index contributed by atoms with van der Waals surface area (Å²) in [4.78, 5) is 20.1. The largest absolute Gasteiger partial charge is 0.346 e. The van der Waals surface area contributed by atoms with Crippen LogP contribution in [0.2, 0.25) is 0 Å². The maximum atomic E-state index is 4.03. The van der Waals surface area contributed by atoms with Gasteiger partial charge in [0.05, 0.1) is 10.7 Å². The second kappa shape index (κ2) is 15.2. The van der Waals surface area contributed by atoms with Crippen LogP contribution in [0.5, 0.6) is 0 Å². The Morgan fingerprint density at radius 1 is 0.800 bits per heavy atom. The van der Waals surface area contributed by atoms with Crippen LogP contribution in [0.4, 0.5) is 0 Å². The summed E-state index contributed by atoms with van der Waals surface area (Å²) in [5, 5.41) is 19.0. The van der Waals surface area contributed by atoms with E-state index in [0.717, 1.165) is 39.7 Å². The molecule has 0 aliphatic carbocycles. The highest BCUT2D eigenvalue weighted by Gasteiger charge is 1.87. The molecule has 12 nitrogen and oxygen atoms in total. The molecular formula is C22H36N12S. The number of aromatic amines is 2. The molecule has 0 saturated carbocycles. The molecular weight excluding hydrogens is 464 g/mol. The predicted molar refractivity (Wildman–Crippen MR) is 137 cm³/mol. The van der Waals surface area contributed by atoms with Gasteiger partial charge in [0, 0.05) is 43.3 Å².